The zero-order chi connectivity index (χ0) is 10.7. The molecule has 0 aliphatic heterocycles. The molecule has 0 atom stereocenters. The monoisotopic (exact) mass is 193 g/mol. The number of nitrogens with two attached hydrogens (primary N) is 2. The maximum Gasteiger partial charge on any atom is 0.251 e. The van der Waals surface area contributed by atoms with Gasteiger partial charge in [-0.25, -0.2) is 0 Å². The second-order valence-electron chi connectivity index (χ2n) is 2.79. The van der Waals surface area contributed by atoms with Crippen molar-refractivity contribution in [1.82, 2.24) is 5.32 Å². The Bertz CT molecular complexity index is 388. The number of nitrogens with one attached hydrogen (secondary N) is 1. The first-order valence-corrected chi connectivity index (χ1v) is 3.97. The molecule has 5 heteroatoms. The summed E-state index contributed by atoms with van der Waals surface area (Å²) in [6, 6.07) is 4.30. The number of amides is 2. The van der Waals surface area contributed by atoms with Gasteiger partial charge in [0.15, 0.2) is 0 Å². The van der Waals surface area contributed by atoms with Crippen molar-refractivity contribution in [3.05, 3.63) is 29.3 Å². The maximum atomic E-state index is 11.2. The van der Waals surface area contributed by atoms with Gasteiger partial charge in [-0.3, -0.25) is 9.59 Å². The summed E-state index contributed by atoms with van der Waals surface area (Å²) in [6.07, 6.45) is 0. The molecule has 0 aromatic heterocycles. The molecule has 1 aromatic carbocycles. The number of carbonyl (C=O) groups is 2. The van der Waals surface area contributed by atoms with E-state index in [1.54, 1.807) is 0 Å². The van der Waals surface area contributed by atoms with E-state index in [0.717, 1.165) is 0 Å². The van der Waals surface area contributed by atoms with Crippen molar-refractivity contribution >= 4 is 17.5 Å². The topological polar surface area (TPSA) is 98.2 Å². The van der Waals surface area contributed by atoms with Crippen LogP contribution in [0.25, 0.3) is 0 Å². The van der Waals surface area contributed by atoms with Crippen molar-refractivity contribution in [2.75, 3.05) is 12.8 Å². The third-order valence-corrected chi connectivity index (χ3v) is 1.73. The Labute approximate surface area is 81.1 Å². The molecule has 5 N–H and O–H groups in total. The zero-order valence-electron chi connectivity index (χ0n) is 7.70. The standard InChI is InChI=1S/C9H11N3O2/c1-12-9(14)6-2-5(8(11)13)3-7(10)4-6/h2-4H,10H2,1H3,(H2,11,13)(H,12,14). The van der Waals surface area contributed by atoms with Crippen LogP contribution in [0.4, 0.5) is 5.69 Å². The first-order valence-electron chi connectivity index (χ1n) is 3.97. The third-order valence-electron chi connectivity index (χ3n) is 1.73. The first-order chi connectivity index (χ1) is 6.54. The van der Waals surface area contributed by atoms with E-state index in [4.69, 9.17) is 11.5 Å². The third kappa shape index (κ3) is 2.01. The Hall–Kier alpha value is -2.04. The highest BCUT2D eigenvalue weighted by Crippen LogP contribution is 2.11. The summed E-state index contributed by atoms with van der Waals surface area (Å²) < 4.78 is 0. The smallest absolute Gasteiger partial charge is 0.251 e. The van der Waals surface area contributed by atoms with E-state index in [1.807, 2.05) is 0 Å². The van der Waals surface area contributed by atoms with Gasteiger partial charge in [0, 0.05) is 23.9 Å². The van der Waals surface area contributed by atoms with Crippen molar-refractivity contribution in [3.63, 3.8) is 0 Å². The average Bonchev–Trinajstić information content (AvgIpc) is 2.15. The summed E-state index contributed by atoms with van der Waals surface area (Å²) in [6.45, 7) is 0. The molecule has 5 nitrogen and oxygen atoms in total. The van der Waals surface area contributed by atoms with Crippen LogP contribution < -0.4 is 16.8 Å². The number of primary amides is 1. The normalized spacial score (nSPS) is 9.50. The van der Waals surface area contributed by atoms with E-state index >= 15 is 0 Å². The Balaban J connectivity index is 3.20. The van der Waals surface area contributed by atoms with Gasteiger partial charge in [0.25, 0.3) is 5.91 Å². The second kappa shape index (κ2) is 3.78. The highest BCUT2D eigenvalue weighted by molar-refractivity contribution is 6.00. The summed E-state index contributed by atoms with van der Waals surface area (Å²) in [5.74, 6) is -0.915. The molecule has 0 aliphatic rings. The fourth-order valence-electron chi connectivity index (χ4n) is 1.07. The Kier molecular flexibility index (Phi) is 2.71. The summed E-state index contributed by atoms with van der Waals surface area (Å²) >= 11 is 0. The molecule has 0 saturated heterocycles. The lowest BCUT2D eigenvalue weighted by atomic mass is 10.1. The summed E-state index contributed by atoms with van der Waals surface area (Å²) in [7, 11) is 1.50. The van der Waals surface area contributed by atoms with Crippen molar-refractivity contribution in [2.24, 2.45) is 5.73 Å². The minimum atomic E-state index is -0.609. The molecule has 2 amide bonds. The van der Waals surface area contributed by atoms with Crippen LogP contribution in [0.5, 0.6) is 0 Å². The fraction of sp³-hybridized carbons (Fsp3) is 0.111. The van der Waals surface area contributed by atoms with E-state index in [2.05, 4.69) is 5.32 Å². The van der Waals surface area contributed by atoms with Crippen LogP contribution in [0.15, 0.2) is 18.2 Å². The molecule has 0 aliphatic carbocycles. The Morgan fingerprint density at radius 1 is 1.21 bits per heavy atom. The van der Waals surface area contributed by atoms with Crippen molar-refractivity contribution < 1.29 is 9.59 Å². The van der Waals surface area contributed by atoms with Crippen molar-refractivity contribution in [2.45, 2.75) is 0 Å². The van der Waals surface area contributed by atoms with Crippen LogP contribution in [0.2, 0.25) is 0 Å². The highest BCUT2D eigenvalue weighted by Gasteiger charge is 2.08. The van der Waals surface area contributed by atoms with Crippen LogP contribution in [0.3, 0.4) is 0 Å². The minimum absolute atomic E-state index is 0.226. The summed E-state index contributed by atoms with van der Waals surface area (Å²) in [5.41, 5.74) is 11.4. The number of hydrogen-bond donors (Lipinski definition) is 3. The number of anilines is 1. The first kappa shape index (κ1) is 10.0. The molecule has 0 fully saturated rings. The lowest BCUT2D eigenvalue weighted by molar-refractivity contribution is 0.0963. The van der Waals surface area contributed by atoms with Gasteiger partial charge in [-0.2, -0.15) is 0 Å². The van der Waals surface area contributed by atoms with E-state index < -0.39 is 5.91 Å². The minimum Gasteiger partial charge on any atom is -0.399 e. The van der Waals surface area contributed by atoms with Gasteiger partial charge in [0.1, 0.15) is 0 Å². The Morgan fingerprint density at radius 2 is 1.79 bits per heavy atom. The van der Waals surface area contributed by atoms with Gasteiger partial charge < -0.3 is 16.8 Å². The highest BCUT2D eigenvalue weighted by atomic mass is 16.2. The van der Waals surface area contributed by atoms with Gasteiger partial charge >= 0.3 is 0 Å². The molecule has 0 saturated carbocycles. The number of carbonyl (C=O) groups excluding carboxylic acids is 2. The summed E-state index contributed by atoms with van der Waals surface area (Å²) in [5, 5.41) is 2.43. The Morgan fingerprint density at radius 3 is 2.29 bits per heavy atom. The largest absolute Gasteiger partial charge is 0.399 e. The number of hydrogen-bond acceptors (Lipinski definition) is 3. The molecule has 1 rings (SSSR count). The zero-order valence-corrected chi connectivity index (χ0v) is 7.70. The van der Waals surface area contributed by atoms with E-state index in [9.17, 15) is 9.59 Å². The molecule has 74 valence electrons. The number of benzene rings is 1. The van der Waals surface area contributed by atoms with E-state index in [1.165, 1.54) is 25.2 Å². The summed E-state index contributed by atoms with van der Waals surface area (Å²) in [4.78, 5) is 22.1. The molecule has 0 spiro atoms. The SMILES string of the molecule is CNC(=O)c1cc(N)cc(C(N)=O)c1. The molecule has 14 heavy (non-hydrogen) atoms. The number of rotatable bonds is 2. The van der Waals surface area contributed by atoms with E-state index in [-0.39, 0.29) is 11.5 Å². The van der Waals surface area contributed by atoms with E-state index in [0.29, 0.717) is 11.3 Å². The van der Waals surface area contributed by atoms with Gasteiger partial charge in [-0.05, 0) is 18.2 Å². The maximum absolute atomic E-state index is 11.2. The predicted molar refractivity (Wildman–Crippen MR) is 52.8 cm³/mol. The van der Waals surface area contributed by atoms with Crippen LogP contribution in [0, 0.1) is 0 Å². The lowest BCUT2D eigenvalue weighted by Crippen LogP contribution is -2.19. The van der Waals surface area contributed by atoms with Crippen LogP contribution in [-0.2, 0) is 0 Å². The molecule has 0 radical (unpaired) electrons. The van der Waals surface area contributed by atoms with Crippen molar-refractivity contribution in [3.8, 4) is 0 Å². The van der Waals surface area contributed by atoms with Crippen LogP contribution >= 0.6 is 0 Å². The van der Waals surface area contributed by atoms with Crippen LogP contribution in [0.1, 0.15) is 20.7 Å². The molecular weight excluding hydrogens is 182 g/mol. The van der Waals surface area contributed by atoms with Crippen molar-refractivity contribution in [1.29, 1.82) is 0 Å². The molecule has 1 aromatic rings. The predicted octanol–water partition coefficient (Wildman–Crippen LogP) is -0.273. The van der Waals surface area contributed by atoms with Gasteiger partial charge in [0.2, 0.25) is 5.91 Å². The molecule has 0 unspecified atom stereocenters. The fourth-order valence-corrected chi connectivity index (χ4v) is 1.07. The quantitative estimate of drug-likeness (QED) is 0.564. The average molecular weight is 193 g/mol. The molecule has 0 heterocycles. The molecular formula is C9H11N3O2. The van der Waals surface area contributed by atoms with Gasteiger partial charge in [0.05, 0.1) is 0 Å². The lowest BCUT2D eigenvalue weighted by Gasteiger charge is -2.03. The van der Waals surface area contributed by atoms with Gasteiger partial charge in [-0.1, -0.05) is 0 Å². The van der Waals surface area contributed by atoms with Crippen LogP contribution in [-0.4, -0.2) is 18.9 Å². The second-order valence-corrected chi connectivity index (χ2v) is 2.79. The van der Waals surface area contributed by atoms with Gasteiger partial charge in [-0.15, -0.1) is 0 Å². The number of nitrogen functional groups attached to an aromatic ring is 1. The molecule has 0 bridgehead atoms.